The summed E-state index contributed by atoms with van der Waals surface area (Å²) < 4.78 is 87.1. The Morgan fingerprint density at radius 2 is 1.67 bits per heavy atom. The summed E-state index contributed by atoms with van der Waals surface area (Å²) in [7, 11) is 0. The normalized spacial score (nSPS) is 21.5. The van der Waals surface area contributed by atoms with Gasteiger partial charge in [-0.2, -0.15) is 13.2 Å². The number of alkyl halides is 6. The molecule has 1 aliphatic heterocycles. The van der Waals surface area contributed by atoms with Gasteiger partial charge in [-0.3, -0.25) is 0 Å². The average molecular weight is 518 g/mol. The fourth-order valence-corrected chi connectivity index (χ4v) is 5.26. The van der Waals surface area contributed by atoms with E-state index in [4.69, 9.17) is 4.74 Å². The van der Waals surface area contributed by atoms with Gasteiger partial charge in [0.1, 0.15) is 11.5 Å². The predicted molar refractivity (Wildman–Crippen MR) is 121 cm³/mol. The lowest BCUT2D eigenvalue weighted by atomic mass is 9.60. The van der Waals surface area contributed by atoms with Crippen LogP contribution in [0.4, 0.5) is 26.3 Å². The van der Waals surface area contributed by atoms with Crippen LogP contribution < -0.4 is 9.47 Å². The van der Waals surface area contributed by atoms with Gasteiger partial charge in [0.2, 0.25) is 0 Å². The molecule has 2 atom stereocenters. The van der Waals surface area contributed by atoms with Gasteiger partial charge in [0.05, 0.1) is 18.3 Å². The minimum absolute atomic E-state index is 0.117. The number of ether oxygens (including phenoxy) is 2. The second-order valence-electron chi connectivity index (χ2n) is 9.67. The third kappa shape index (κ3) is 6.26. The van der Waals surface area contributed by atoms with Crippen molar-refractivity contribution in [3.8, 4) is 11.5 Å². The van der Waals surface area contributed by atoms with Gasteiger partial charge in [-0.25, -0.2) is 0 Å². The lowest BCUT2D eigenvalue weighted by molar-refractivity contribution is -0.275. The molecule has 1 saturated heterocycles. The molecule has 0 amide bonds. The van der Waals surface area contributed by atoms with Crippen molar-refractivity contribution in [3.63, 3.8) is 0 Å². The van der Waals surface area contributed by atoms with Crippen molar-refractivity contribution >= 4 is 0 Å². The van der Waals surface area contributed by atoms with Gasteiger partial charge < -0.3 is 19.5 Å². The number of rotatable bonds is 8. The number of nitrogens with zero attached hydrogens (tertiary/aromatic N) is 1. The molecule has 0 aromatic heterocycles. The van der Waals surface area contributed by atoms with Gasteiger partial charge in [0, 0.05) is 30.0 Å². The lowest BCUT2D eigenvalue weighted by Crippen LogP contribution is -2.52. The highest BCUT2D eigenvalue weighted by atomic mass is 19.4. The number of piperidine rings is 1. The van der Waals surface area contributed by atoms with E-state index in [9.17, 15) is 31.4 Å². The van der Waals surface area contributed by atoms with E-state index in [1.165, 1.54) is 24.3 Å². The molecule has 198 valence electrons. The second-order valence-corrected chi connectivity index (χ2v) is 9.67. The fourth-order valence-electron chi connectivity index (χ4n) is 5.26. The summed E-state index contributed by atoms with van der Waals surface area (Å²) >= 11 is 0. The second kappa shape index (κ2) is 10.5. The largest absolute Gasteiger partial charge is 0.573 e. The smallest absolute Gasteiger partial charge is 0.493 e. The SMILES string of the molecule is O[C@H](CN1CCC[C@H](COc2ccc(C(F)(F)F)cc2)C1)C1(c2ccccc2OC(F)(F)F)CCC1. The van der Waals surface area contributed by atoms with Crippen LogP contribution in [0.2, 0.25) is 0 Å². The molecule has 1 N–H and O–H groups in total. The van der Waals surface area contributed by atoms with Gasteiger partial charge in [-0.1, -0.05) is 24.6 Å². The number of hydrogen-bond donors (Lipinski definition) is 1. The molecule has 10 heteroatoms. The number of β-amino-alcohol motifs (C(OH)–C–C–N with tert-alkyl or cyclic N) is 1. The van der Waals surface area contributed by atoms with Crippen LogP contribution in [0, 0.1) is 5.92 Å². The van der Waals surface area contributed by atoms with Gasteiger partial charge in [-0.05, 0) is 62.6 Å². The summed E-state index contributed by atoms with van der Waals surface area (Å²) in [5.41, 5.74) is -1.16. The van der Waals surface area contributed by atoms with E-state index in [0.717, 1.165) is 37.9 Å². The van der Waals surface area contributed by atoms with Crippen LogP contribution >= 0.6 is 0 Å². The van der Waals surface area contributed by atoms with Gasteiger partial charge >= 0.3 is 12.5 Å². The summed E-state index contributed by atoms with van der Waals surface area (Å²) in [5, 5.41) is 11.2. The van der Waals surface area contributed by atoms with Crippen molar-refractivity contribution in [2.75, 3.05) is 26.2 Å². The summed E-state index contributed by atoms with van der Waals surface area (Å²) in [6, 6.07) is 10.6. The van der Waals surface area contributed by atoms with E-state index in [1.807, 2.05) is 0 Å². The minimum atomic E-state index is -4.82. The Hall–Kier alpha value is -2.46. The van der Waals surface area contributed by atoms with Crippen molar-refractivity contribution < 1.29 is 40.9 Å². The number of aliphatic hydroxyl groups is 1. The third-order valence-corrected chi connectivity index (χ3v) is 7.23. The van der Waals surface area contributed by atoms with Crippen LogP contribution in [0.3, 0.4) is 0 Å². The highest BCUT2D eigenvalue weighted by molar-refractivity contribution is 5.42. The van der Waals surface area contributed by atoms with Crippen LogP contribution in [-0.4, -0.2) is 48.7 Å². The molecule has 2 fully saturated rings. The predicted octanol–water partition coefficient (Wildman–Crippen LogP) is 6.18. The Kier molecular flexibility index (Phi) is 7.75. The molecule has 1 heterocycles. The van der Waals surface area contributed by atoms with E-state index in [1.54, 1.807) is 12.1 Å². The van der Waals surface area contributed by atoms with E-state index in [2.05, 4.69) is 9.64 Å². The first kappa shape index (κ1) is 26.6. The Balaban J connectivity index is 1.37. The molecule has 0 radical (unpaired) electrons. The zero-order chi connectivity index (χ0) is 26.0. The zero-order valence-electron chi connectivity index (χ0n) is 19.6. The van der Waals surface area contributed by atoms with Gasteiger partial charge in [-0.15, -0.1) is 13.2 Å². The molecule has 4 rings (SSSR count). The monoisotopic (exact) mass is 517 g/mol. The molecular formula is C26H29F6NO3. The Morgan fingerprint density at radius 1 is 0.972 bits per heavy atom. The minimum Gasteiger partial charge on any atom is -0.493 e. The maximum absolute atomic E-state index is 13.0. The lowest BCUT2D eigenvalue weighted by Gasteiger charge is -2.48. The van der Waals surface area contributed by atoms with Gasteiger partial charge in [0.15, 0.2) is 0 Å². The Labute approximate surface area is 205 Å². The molecule has 2 aromatic rings. The Morgan fingerprint density at radius 3 is 2.28 bits per heavy atom. The maximum atomic E-state index is 13.0. The van der Waals surface area contributed by atoms with E-state index >= 15 is 0 Å². The van der Waals surface area contributed by atoms with Crippen molar-refractivity contribution in [2.24, 2.45) is 5.92 Å². The number of likely N-dealkylation sites (tertiary alicyclic amines) is 1. The third-order valence-electron chi connectivity index (χ3n) is 7.23. The molecular weight excluding hydrogens is 488 g/mol. The summed E-state index contributed by atoms with van der Waals surface area (Å²) in [6.45, 7) is 1.99. The van der Waals surface area contributed by atoms with Crippen molar-refractivity contribution in [2.45, 2.75) is 56.2 Å². The Bertz CT molecular complexity index is 1000. The van der Waals surface area contributed by atoms with Crippen molar-refractivity contribution in [3.05, 3.63) is 59.7 Å². The van der Waals surface area contributed by atoms with Crippen LogP contribution in [-0.2, 0) is 11.6 Å². The molecule has 1 saturated carbocycles. The highest BCUT2D eigenvalue weighted by Gasteiger charge is 2.48. The van der Waals surface area contributed by atoms with E-state index in [-0.39, 0.29) is 11.7 Å². The van der Waals surface area contributed by atoms with Gasteiger partial charge in [0.25, 0.3) is 0 Å². The molecule has 36 heavy (non-hydrogen) atoms. The number of aliphatic hydroxyl groups excluding tert-OH is 1. The summed E-state index contributed by atoms with van der Waals surface area (Å²) in [4.78, 5) is 2.09. The number of halogens is 6. The first-order valence-corrected chi connectivity index (χ1v) is 12.0. The number of benzene rings is 2. The molecule has 0 spiro atoms. The van der Waals surface area contributed by atoms with Crippen LogP contribution in [0.5, 0.6) is 11.5 Å². The molecule has 2 aromatic carbocycles. The standard InChI is InChI=1S/C26H29F6NO3/c27-25(28,29)19-8-10-20(11-9-19)35-17-18-5-3-14-33(15-18)16-23(34)24(12-4-13-24)21-6-1-2-7-22(21)36-26(30,31)32/h1-2,6-11,18,23,34H,3-5,12-17H2/t18-,23+/m0/s1. The van der Waals surface area contributed by atoms with Crippen molar-refractivity contribution in [1.29, 1.82) is 0 Å². The first-order valence-electron chi connectivity index (χ1n) is 12.0. The fraction of sp³-hybridized carbons (Fsp3) is 0.538. The van der Waals surface area contributed by atoms with Crippen molar-refractivity contribution in [1.82, 2.24) is 4.90 Å². The van der Waals surface area contributed by atoms with Crippen LogP contribution in [0.1, 0.15) is 43.2 Å². The van der Waals surface area contributed by atoms with Crippen LogP contribution in [0.15, 0.2) is 48.5 Å². The molecule has 2 aliphatic rings. The quantitative estimate of drug-likeness (QED) is 0.425. The molecule has 1 aliphatic carbocycles. The van der Waals surface area contributed by atoms with Crippen LogP contribution in [0.25, 0.3) is 0 Å². The average Bonchev–Trinajstić information content (AvgIpc) is 2.77. The zero-order valence-corrected chi connectivity index (χ0v) is 19.6. The first-order chi connectivity index (χ1) is 17.0. The van der Waals surface area contributed by atoms with E-state index in [0.29, 0.717) is 43.9 Å². The highest BCUT2D eigenvalue weighted by Crippen LogP contribution is 2.50. The number of para-hydroxylation sites is 1. The van der Waals surface area contributed by atoms with E-state index < -0.39 is 29.6 Å². The topological polar surface area (TPSA) is 41.9 Å². The summed E-state index contributed by atoms with van der Waals surface area (Å²) in [6.07, 6.45) is -6.42. The summed E-state index contributed by atoms with van der Waals surface area (Å²) in [5.74, 6) is 0.200. The number of hydrogen-bond acceptors (Lipinski definition) is 4. The molecule has 4 nitrogen and oxygen atoms in total. The molecule has 0 unspecified atom stereocenters. The molecule has 0 bridgehead atoms. The maximum Gasteiger partial charge on any atom is 0.573 e.